The van der Waals surface area contributed by atoms with Crippen LogP contribution in [-0.2, 0) is 18.9 Å². The zero-order valence-electron chi connectivity index (χ0n) is 15.6. The van der Waals surface area contributed by atoms with Crippen molar-refractivity contribution in [2.45, 2.75) is 39.0 Å². The van der Waals surface area contributed by atoms with Gasteiger partial charge < -0.3 is 10.6 Å². The Kier molecular flexibility index (Phi) is 9.48. The molecule has 2 rings (SSSR count). The van der Waals surface area contributed by atoms with Crippen LogP contribution in [0.3, 0.4) is 0 Å². The summed E-state index contributed by atoms with van der Waals surface area (Å²) in [5.41, 5.74) is 1.34. The van der Waals surface area contributed by atoms with E-state index in [1.54, 1.807) is 11.3 Å². The van der Waals surface area contributed by atoms with E-state index >= 15 is 0 Å². The Morgan fingerprint density at radius 2 is 2.16 bits per heavy atom. The maximum atomic E-state index is 4.77. The summed E-state index contributed by atoms with van der Waals surface area (Å²) in [5, 5.41) is 13.1. The van der Waals surface area contributed by atoms with Crippen molar-refractivity contribution >= 4 is 41.3 Å². The van der Waals surface area contributed by atoms with Crippen molar-refractivity contribution in [1.29, 1.82) is 0 Å². The predicted octanol–water partition coefficient (Wildman–Crippen LogP) is 3.57. The molecule has 25 heavy (non-hydrogen) atoms. The third kappa shape index (κ3) is 7.35. The molecule has 0 radical (unpaired) electrons. The summed E-state index contributed by atoms with van der Waals surface area (Å²) in [6.07, 6.45) is 6.09. The molecule has 2 heterocycles. The van der Waals surface area contributed by atoms with Gasteiger partial charge in [-0.15, -0.1) is 35.3 Å². The molecule has 0 amide bonds. The van der Waals surface area contributed by atoms with Crippen LogP contribution >= 0.6 is 35.3 Å². The molecule has 7 heteroatoms. The molecule has 0 aliphatic heterocycles. The summed E-state index contributed by atoms with van der Waals surface area (Å²) in [7, 11) is 1.95. The minimum absolute atomic E-state index is 0. The lowest BCUT2D eigenvalue weighted by Crippen LogP contribution is -2.39. The first-order chi connectivity index (χ1) is 11.5. The summed E-state index contributed by atoms with van der Waals surface area (Å²) in [5.74, 6) is 0.897. The number of thiophene rings is 1. The van der Waals surface area contributed by atoms with Crippen LogP contribution in [0.4, 0.5) is 0 Å². The quantitative estimate of drug-likeness (QED) is 0.266. The molecule has 0 bridgehead atoms. The van der Waals surface area contributed by atoms with Gasteiger partial charge in [-0.3, -0.25) is 9.67 Å². The molecular weight excluding hydrogens is 445 g/mol. The molecule has 0 fully saturated rings. The van der Waals surface area contributed by atoms with E-state index in [-0.39, 0.29) is 29.4 Å². The zero-order chi connectivity index (χ0) is 17.4. The number of guanidine groups is 1. The third-order valence-corrected chi connectivity index (χ3v) is 5.09. The highest BCUT2D eigenvalue weighted by Gasteiger charge is 2.21. The summed E-state index contributed by atoms with van der Waals surface area (Å²) >= 11 is 1.80. The number of aryl methyl sites for hydroxylation is 2. The molecule has 2 N–H and O–H groups in total. The second-order valence-corrected chi connectivity index (χ2v) is 7.56. The predicted molar refractivity (Wildman–Crippen MR) is 118 cm³/mol. The largest absolute Gasteiger partial charge is 0.357 e. The van der Waals surface area contributed by atoms with E-state index in [1.165, 1.54) is 10.4 Å². The van der Waals surface area contributed by atoms with E-state index in [0.717, 1.165) is 38.4 Å². The molecule has 140 valence electrons. The van der Waals surface area contributed by atoms with E-state index in [9.17, 15) is 0 Å². The van der Waals surface area contributed by atoms with E-state index in [1.807, 2.05) is 17.9 Å². The number of halogens is 1. The topological polar surface area (TPSA) is 54.2 Å². The lowest BCUT2D eigenvalue weighted by atomic mass is 9.92. The Bertz CT molecular complexity index is 634. The first-order valence-corrected chi connectivity index (χ1v) is 9.43. The number of aromatic nitrogens is 2. The van der Waals surface area contributed by atoms with Gasteiger partial charge in [0.1, 0.15) is 0 Å². The second-order valence-electron chi connectivity index (χ2n) is 6.61. The normalized spacial score (nSPS) is 11.9. The standard InChI is InChI=1S/C18H29N5S.HI/c1-5-19-17(20-10-6-8-15-12-22-23(4)13-15)21-14-18(2,3)16-9-7-11-24-16;/h7,9,11-13H,5-6,8,10,14H2,1-4H3,(H2,19,20,21);1H. The molecular formula is C18H30IN5S. The molecule has 5 nitrogen and oxygen atoms in total. The van der Waals surface area contributed by atoms with E-state index in [4.69, 9.17) is 4.99 Å². The fourth-order valence-electron chi connectivity index (χ4n) is 2.46. The number of nitrogens with zero attached hydrogens (tertiary/aromatic N) is 3. The van der Waals surface area contributed by atoms with Gasteiger partial charge in [0, 0.05) is 36.6 Å². The first kappa shape index (κ1) is 22.0. The van der Waals surface area contributed by atoms with Gasteiger partial charge in [-0.25, -0.2) is 0 Å². The number of rotatable bonds is 8. The second kappa shape index (κ2) is 10.8. The molecule has 0 atom stereocenters. The average molecular weight is 475 g/mol. The Balaban J connectivity index is 0.00000312. The number of hydrogen-bond acceptors (Lipinski definition) is 3. The highest BCUT2D eigenvalue weighted by molar-refractivity contribution is 14.0. The minimum atomic E-state index is 0. The van der Waals surface area contributed by atoms with Crippen molar-refractivity contribution in [3.05, 3.63) is 40.3 Å². The maximum absolute atomic E-state index is 4.77. The van der Waals surface area contributed by atoms with Crippen LogP contribution in [-0.4, -0.2) is 35.4 Å². The minimum Gasteiger partial charge on any atom is -0.357 e. The lowest BCUT2D eigenvalue weighted by molar-refractivity contribution is 0.548. The third-order valence-electron chi connectivity index (χ3n) is 3.86. The van der Waals surface area contributed by atoms with Crippen LogP contribution in [0.2, 0.25) is 0 Å². The Hall–Kier alpha value is -1.09. The number of hydrogen-bond donors (Lipinski definition) is 2. The van der Waals surface area contributed by atoms with E-state index in [2.05, 4.69) is 60.2 Å². The van der Waals surface area contributed by atoms with E-state index in [0.29, 0.717) is 0 Å². The van der Waals surface area contributed by atoms with Crippen molar-refractivity contribution in [2.24, 2.45) is 12.0 Å². The molecule has 2 aromatic heterocycles. The lowest BCUT2D eigenvalue weighted by Gasteiger charge is -2.21. The Morgan fingerprint density at radius 1 is 1.36 bits per heavy atom. The number of nitrogens with one attached hydrogen (secondary N) is 2. The zero-order valence-corrected chi connectivity index (χ0v) is 18.7. The van der Waals surface area contributed by atoms with Gasteiger partial charge in [-0.1, -0.05) is 19.9 Å². The monoisotopic (exact) mass is 475 g/mol. The molecule has 0 aromatic carbocycles. The average Bonchev–Trinajstić information content (AvgIpc) is 3.21. The van der Waals surface area contributed by atoms with Gasteiger partial charge >= 0.3 is 0 Å². The summed E-state index contributed by atoms with van der Waals surface area (Å²) in [6.45, 7) is 9.12. The molecule has 0 aliphatic carbocycles. The maximum Gasteiger partial charge on any atom is 0.191 e. The van der Waals surface area contributed by atoms with Crippen molar-refractivity contribution < 1.29 is 0 Å². The van der Waals surface area contributed by atoms with Crippen LogP contribution in [0, 0.1) is 0 Å². The smallest absolute Gasteiger partial charge is 0.191 e. The highest BCUT2D eigenvalue weighted by atomic mass is 127. The molecule has 0 unspecified atom stereocenters. The van der Waals surface area contributed by atoms with Crippen molar-refractivity contribution in [1.82, 2.24) is 20.4 Å². The number of aliphatic imine (C=N–C) groups is 1. The molecule has 0 saturated heterocycles. The van der Waals surface area contributed by atoms with Crippen LogP contribution in [0.15, 0.2) is 34.9 Å². The Morgan fingerprint density at radius 3 is 2.76 bits per heavy atom. The van der Waals surface area contributed by atoms with Crippen molar-refractivity contribution in [3.8, 4) is 0 Å². The van der Waals surface area contributed by atoms with Crippen LogP contribution in [0.25, 0.3) is 0 Å². The van der Waals surface area contributed by atoms with Gasteiger partial charge in [0.15, 0.2) is 5.96 Å². The fraction of sp³-hybridized carbons (Fsp3) is 0.556. The SMILES string of the molecule is CCNC(=NCC(C)(C)c1cccs1)NCCCc1cnn(C)c1.I. The van der Waals surface area contributed by atoms with Gasteiger partial charge in [-0.2, -0.15) is 5.10 Å². The van der Waals surface area contributed by atoms with Crippen molar-refractivity contribution in [3.63, 3.8) is 0 Å². The van der Waals surface area contributed by atoms with Gasteiger partial charge in [0.05, 0.1) is 12.7 Å². The summed E-state index contributed by atoms with van der Waals surface area (Å²) in [6, 6.07) is 4.29. The van der Waals surface area contributed by atoms with E-state index < -0.39 is 0 Å². The summed E-state index contributed by atoms with van der Waals surface area (Å²) < 4.78 is 1.85. The molecule has 0 aliphatic rings. The molecule has 2 aromatic rings. The first-order valence-electron chi connectivity index (χ1n) is 8.55. The molecule has 0 saturated carbocycles. The van der Waals surface area contributed by atoms with Crippen LogP contribution in [0.5, 0.6) is 0 Å². The van der Waals surface area contributed by atoms with Crippen molar-refractivity contribution in [2.75, 3.05) is 19.6 Å². The fourth-order valence-corrected chi connectivity index (χ4v) is 3.30. The van der Waals surface area contributed by atoms with Gasteiger partial charge in [-0.05, 0) is 36.8 Å². The highest BCUT2D eigenvalue weighted by Crippen LogP contribution is 2.27. The van der Waals surface area contributed by atoms with Gasteiger partial charge in [0.2, 0.25) is 0 Å². The summed E-state index contributed by atoms with van der Waals surface area (Å²) in [4.78, 5) is 6.15. The van der Waals surface area contributed by atoms with Crippen LogP contribution < -0.4 is 10.6 Å². The van der Waals surface area contributed by atoms with Crippen LogP contribution in [0.1, 0.15) is 37.6 Å². The molecule has 0 spiro atoms. The Labute approximate surface area is 172 Å². The van der Waals surface area contributed by atoms with Gasteiger partial charge in [0.25, 0.3) is 0 Å².